The van der Waals surface area contributed by atoms with E-state index in [4.69, 9.17) is 0 Å². The topological polar surface area (TPSA) is 17.0 Å². The van der Waals surface area contributed by atoms with E-state index in [1.807, 2.05) is 12.1 Å². The number of rotatable bonds is 3. The van der Waals surface area contributed by atoms with Gasteiger partial charge >= 0.3 is 0 Å². The summed E-state index contributed by atoms with van der Waals surface area (Å²) in [5, 5.41) is 4.66. The van der Waals surface area contributed by atoms with Gasteiger partial charge in [-0.3, -0.25) is 0 Å². The minimum Gasteiger partial charge on any atom is -0.344 e. The van der Waals surface area contributed by atoms with Crippen molar-refractivity contribution in [3.8, 4) is 0 Å². The Morgan fingerprint density at radius 2 is 1.92 bits per heavy atom. The molecule has 2 aromatic carbocycles. The fourth-order valence-electron chi connectivity index (χ4n) is 4.11. The van der Waals surface area contributed by atoms with Crippen molar-refractivity contribution in [2.75, 3.05) is 0 Å². The van der Waals surface area contributed by atoms with Gasteiger partial charge < -0.3 is 9.88 Å². The quantitative estimate of drug-likeness (QED) is 0.744. The molecule has 24 heavy (non-hydrogen) atoms. The number of halogens is 1. The lowest BCUT2D eigenvalue weighted by atomic mass is 9.95. The summed E-state index contributed by atoms with van der Waals surface area (Å²) in [4.78, 5) is 0. The van der Waals surface area contributed by atoms with Gasteiger partial charge in [-0.25, -0.2) is 4.39 Å². The molecule has 0 radical (unpaired) electrons. The average molecular weight is 322 g/mol. The van der Waals surface area contributed by atoms with Crippen molar-refractivity contribution in [3.05, 3.63) is 71.2 Å². The van der Waals surface area contributed by atoms with E-state index in [1.54, 1.807) is 12.1 Å². The van der Waals surface area contributed by atoms with E-state index in [2.05, 4.69) is 48.0 Å². The average Bonchev–Trinajstić information content (AvgIpc) is 2.86. The van der Waals surface area contributed by atoms with Crippen LogP contribution in [-0.4, -0.2) is 10.6 Å². The van der Waals surface area contributed by atoms with Gasteiger partial charge in [-0.15, -0.1) is 0 Å². The van der Waals surface area contributed by atoms with Gasteiger partial charge in [0.2, 0.25) is 0 Å². The highest BCUT2D eigenvalue weighted by atomic mass is 19.1. The molecule has 1 aliphatic rings. The first-order valence-electron chi connectivity index (χ1n) is 8.74. The summed E-state index contributed by atoms with van der Waals surface area (Å²) in [5.41, 5.74) is 5.13. The standard InChI is InChI=1S/C21H23FN2/c1-14-12-20-21(15(2)23-14)18-13-17(22)8-9-19(18)24(20)11-10-16-6-4-3-5-7-16/h3-9,13-15,23H,10-12H2,1-2H3. The lowest BCUT2D eigenvalue weighted by Crippen LogP contribution is -2.36. The Labute approximate surface area is 142 Å². The third-order valence-electron chi connectivity index (χ3n) is 5.11. The second kappa shape index (κ2) is 6.06. The molecule has 0 fully saturated rings. The van der Waals surface area contributed by atoms with Gasteiger partial charge in [0.25, 0.3) is 0 Å². The molecule has 2 nitrogen and oxygen atoms in total. The molecule has 1 aliphatic heterocycles. The summed E-state index contributed by atoms with van der Waals surface area (Å²) in [6.07, 6.45) is 1.98. The number of hydrogen-bond acceptors (Lipinski definition) is 1. The van der Waals surface area contributed by atoms with Crippen LogP contribution in [0.4, 0.5) is 4.39 Å². The predicted octanol–water partition coefficient (Wildman–Crippen LogP) is 4.62. The van der Waals surface area contributed by atoms with Gasteiger partial charge in [-0.2, -0.15) is 0 Å². The summed E-state index contributed by atoms with van der Waals surface area (Å²) < 4.78 is 16.2. The molecule has 2 atom stereocenters. The van der Waals surface area contributed by atoms with Gasteiger partial charge in [-0.05, 0) is 49.6 Å². The highest BCUT2D eigenvalue weighted by Gasteiger charge is 2.27. The van der Waals surface area contributed by atoms with Crippen LogP contribution in [0.25, 0.3) is 10.9 Å². The van der Waals surface area contributed by atoms with Crippen LogP contribution in [0.2, 0.25) is 0 Å². The van der Waals surface area contributed by atoms with Crippen LogP contribution in [0.3, 0.4) is 0 Å². The minimum atomic E-state index is -0.156. The van der Waals surface area contributed by atoms with Crippen molar-refractivity contribution in [1.82, 2.24) is 9.88 Å². The van der Waals surface area contributed by atoms with Gasteiger partial charge in [0.05, 0.1) is 0 Å². The first-order chi connectivity index (χ1) is 11.6. The molecule has 0 spiro atoms. The second-order valence-electron chi connectivity index (χ2n) is 6.90. The highest BCUT2D eigenvalue weighted by molar-refractivity contribution is 5.86. The van der Waals surface area contributed by atoms with Crippen molar-refractivity contribution in [2.24, 2.45) is 0 Å². The molecule has 0 saturated heterocycles. The van der Waals surface area contributed by atoms with E-state index < -0.39 is 0 Å². The molecule has 2 heterocycles. The Bertz CT molecular complexity index is 866. The summed E-state index contributed by atoms with van der Waals surface area (Å²) >= 11 is 0. The van der Waals surface area contributed by atoms with Crippen molar-refractivity contribution in [1.29, 1.82) is 0 Å². The van der Waals surface area contributed by atoms with Crippen LogP contribution in [0.1, 0.15) is 36.7 Å². The molecule has 3 aromatic rings. The van der Waals surface area contributed by atoms with Crippen LogP contribution >= 0.6 is 0 Å². The number of nitrogens with zero attached hydrogens (tertiary/aromatic N) is 1. The van der Waals surface area contributed by atoms with Crippen molar-refractivity contribution >= 4 is 10.9 Å². The Morgan fingerprint density at radius 1 is 1.12 bits per heavy atom. The number of hydrogen-bond donors (Lipinski definition) is 1. The van der Waals surface area contributed by atoms with Crippen LogP contribution in [0.15, 0.2) is 48.5 Å². The van der Waals surface area contributed by atoms with E-state index >= 15 is 0 Å². The van der Waals surface area contributed by atoms with Crippen LogP contribution in [0.5, 0.6) is 0 Å². The number of aromatic nitrogens is 1. The lowest BCUT2D eigenvalue weighted by molar-refractivity contribution is 0.433. The van der Waals surface area contributed by atoms with E-state index in [0.717, 1.165) is 30.3 Å². The maximum atomic E-state index is 13.8. The monoisotopic (exact) mass is 322 g/mol. The smallest absolute Gasteiger partial charge is 0.123 e. The van der Waals surface area contributed by atoms with Crippen LogP contribution in [-0.2, 0) is 19.4 Å². The first-order valence-corrected chi connectivity index (χ1v) is 8.74. The van der Waals surface area contributed by atoms with Crippen LogP contribution < -0.4 is 5.32 Å². The normalized spacial score (nSPS) is 20.3. The second-order valence-corrected chi connectivity index (χ2v) is 6.90. The minimum absolute atomic E-state index is 0.156. The molecule has 1 aromatic heterocycles. The first kappa shape index (κ1) is 15.4. The zero-order valence-electron chi connectivity index (χ0n) is 14.2. The Balaban J connectivity index is 1.80. The van der Waals surface area contributed by atoms with Gasteiger partial charge in [0, 0.05) is 41.6 Å². The molecule has 0 bridgehead atoms. The van der Waals surface area contributed by atoms with Crippen molar-refractivity contribution in [2.45, 2.75) is 45.3 Å². The lowest BCUT2D eigenvalue weighted by Gasteiger charge is -2.28. The molecular formula is C21H23FN2. The number of aryl methyl sites for hydroxylation is 2. The third-order valence-corrected chi connectivity index (χ3v) is 5.11. The number of nitrogens with one attached hydrogen (secondary N) is 1. The van der Waals surface area contributed by atoms with Gasteiger partial charge in [0.15, 0.2) is 0 Å². The third kappa shape index (κ3) is 2.63. The molecule has 0 aliphatic carbocycles. The largest absolute Gasteiger partial charge is 0.344 e. The Kier molecular flexibility index (Phi) is 3.89. The Hall–Kier alpha value is -2.13. The van der Waals surface area contributed by atoms with E-state index in [9.17, 15) is 4.39 Å². The summed E-state index contributed by atoms with van der Waals surface area (Å²) in [6.45, 7) is 5.33. The van der Waals surface area contributed by atoms with E-state index in [0.29, 0.717) is 6.04 Å². The molecule has 2 unspecified atom stereocenters. The molecule has 3 heteroatoms. The molecule has 1 N–H and O–H groups in total. The highest BCUT2D eigenvalue weighted by Crippen LogP contribution is 2.35. The molecule has 0 saturated carbocycles. The molecule has 4 rings (SSSR count). The molecule has 124 valence electrons. The summed E-state index contributed by atoms with van der Waals surface area (Å²) in [7, 11) is 0. The predicted molar refractivity (Wildman–Crippen MR) is 96.8 cm³/mol. The number of fused-ring (bicyclic) bond motifs is 3. The fourth-order valence-corrected chi connectivity index (χ4v) is 4.11. The van der Waals surface area contributed by atoms with E-state index in [1.165, 1.54) is 16.8 Å². The van der Waals surface area contributed by atoms with E-state index in [-0.39, 0.29) is 11.9 Å². The Morgan fingerprint density at radius 3 is 2.71 bits per heavy atom. The van der Waals surface area contributed by atoms with Crippen molar-refractivity contribution < 1.29 is 4.39 Å². The van der Waals surface area contributed by atoms with Gasteiger partial charge in [0.1, 0.15) is 5.82 Å². The molecule has 0 amide bonds. The fraction of sp³-hybridized carbons (Fsp3) is 0.333. The zero-order chi connectivity index (χ0) is 16.7. The zero-order valence-corrected chi connectivity index (χ0v) is 14.2. The summed E-state index contributed by atoms with van der Waals surface area (Å²) in [5.74, 6) is -0.156. The van der Waals surface area contributed by atoms with Crippen LogP contribution in [0, 0.1) is 5.82 Å². The SMILES string of the molecule is CC1Cc2c(c3cc(F)ccc3n2CCc2ccccc2)C(C)N1. The maximum Gasteiger partial charge on any atom is 0.123 e. The summed E-state index contributed by atoms with van der Waals surface area (Å²) in [6, 6.07) is 16.5. The van der Waals surface area contributed by atoms with Crippen molar-refractivity contribution in [3.63, 3.8) is 0 Å². The number of benzene rings is 2. The van der Waals surface area contributed by atoms with Gasteiger partial charge in [-0.1, -0.05) is 30.3 Å². The molecular weight excluding hydrogens is 299 g/mol. The maximum absolute atomic E-state index is 13.8.